The van der Waals surface area contributed by atoms with E-state index in [0.29, 0.717) is 12.5 Å². The van der Waals surface area contributed by atoms with Crippen LogP contribution in [-0.4, -0.2) is 22.7 Å². The van der Waals surface area contributed by atoms with Crippen LogP contribution in [0.15, 0.2) is 40.9 Å². The predicted molar refractivity (Wildman–Crippen MR) is 108 cm³/mol. The summed E-state index contributed by atoms with van der Waals surface area (Å²) in [5, 5.41) is 10.4. The third-order valence-corrected chi connectivity index (χ3v) is 4.93. The van der Waals surface area contributed by atoms with Crippen LogP contribution < -0.4 is 4.74 Å². The number of rotatable bonds is 6. The number of carbonyl (C=O) groups is 1. The molecule has 1 aromatic heterocycles. The molecule has 4 nitrogen and oxygen atoms in total. The van der Waals surface area contributed by atoms with Crippen molar-refractivity contribution in [2.75, 3.05) is 6.61 Å². The fraction of sp³-hybridized carbons (Fsp3) is 0.286. The number of nitrogens with one attached hydrogen (secondary N) is 1. The van der Waals surface area contributed by atoms with Crippen LogP contribution in [0.2, 0.25) is 0 Å². The highest BCUT2D eigenvalue weighted by Crippen LogP contribution is 2.39. The lowest BCUT2D eigenvalue weighted by Crippen LogP contribution is -2.02. The molecule has 0 unspecified atom stereocenters. The molecule has 0 amide bonds. The van der Waals surface area contributed by atoms with E-state index < -0.39 is 5.97 Å². The number of benzene rings is 2. The van der Waals surface area contributed by atoms with Crippen molar-refractivity contribution in [1.82, 2.24) is 4.98 Å². The SMILES string of the molecule is CCOc1ccc(Br)cc1-c1[nH]c2c(C(C)C)cccc2c1CC(=O)O. The largest absolute Gasteiger partial charge is 0.493 e. The molecule has 0 aliphatic carbocycles. The summed E-state index contributed by atoms with van der Waals surface area (Å²) in [4.78, 5) is 15.0. The van der Waals surface area contributed by atoms with E-state index in [0.717, 1.165) is 37.9 Å². The highest BCUT2D eigenvalue weighted by Gasteiger charge is 2.21. The number of halogens is 1. The lowest BCUT2D eigenvalue weighted by atomic mass is 9.97. The van der Waals surface area contributed by atoms with Crippen LogP contribution in [0.1, 0.15) is 37.8 Å². The molecule has 3 aromatic rings. The Kier molecular flexibility index (Phi) is 5.37. The van der Waals surface area contributed by atoms with Crippen LogP contribution in [0, 0.1) is 0 Å². The zero-order chi connectivity index (χ0) is 18.8. The molecular formula is C21H22BrNO3. The van der Waals surface area contributed by atoms with Crippen molar-refractivity contribution in [2.45, 2.75) is 33.1 Å². The third kappa shape index (κ3) is 3.49. The third-order valence-electron chi connectivity index (χ3n) is 4.43. The van der Waals surface area contributed by atoms with Crippen LogP contribution in [0.3, 0.4) is 0 Å². The zero-order valence-electron chi connectivity index (χ0n) is 15.1. The number of aromatic nitrogens is 1. The molecule has 0 radical (unpaired) electrons. The lowest BCUT2D eigenvalue weighted by Gasteiger charge is -2.11. The minimum absolute atomic E-state index is 0.0467. The molecule has 0 aliphatic heterocycles. The molecule has 0 atom stereocenters. The lowest BCUT2D eigenvalue weighted by molar-refractivity contribution is -0.136. The van der Waals surface area contributed by atoms with E-state index in [4.69, 9.17) is 4.74 Å². The molecule has 0 fully saturated rings. The van der Waals surface area contributed by atoms with Crippen LogP contribution in [0.5, 0.6) is 5.75 Å². The fourth-order valence-electron chi connectivity index (χ4n) is 3.32. The maximum atomic E-state index is 11.5. The molecule has 0 spiro atoms. The first-order valence-electron chi connectivity index (χ1n) is 8.70. The van der Waals surface area contributed by atoms with Gasteiger partial charge in [-0.25, -0.2) is 0 Å². The fourth-order valence-corrected chi connectivity index (χ4v) is 3.68. The average molecular weight is 416 g/mol. The summed E-state index contributed by atoms with van der Waals surface area (Å²) in [6.07, 6.45) is -0.0467. The van der Waals surface area contributed by atoms with Crippen molar-refractivity contribution in [2.24, 2.45) is 0 Å². The topological polar surface area (TPSA) is 62.3 Å². The van der Waals surface area contributed by atoms with Gasteiger partial charge in [-0.2, -0.15) is 0 Å². The summed E-state index contributed by atoms with van der Waals surface area (Å²) >= 11 is 3.52. The van der Waals surface area contributed by atoms with E-state index >= 15 is 0 Å². The summed E-state index contributed by atoms with van der Waals surface area (Å²) in [6.45, 7) is 6.75. The smallest absolute Gasteiger partial charge is 0.307 e. The molecule has 1 heterocycles. The maximum absolute atomic E-state index is 11.5. The number of hydrogen-bond acceptors (Lipinski definition) is 2. The molecular weight excluding hydrogens is 394 g/mol. The zero-order valence-corrected chi connectivity index (χ0v) is 16.7. The maximum Gasteiger partial charge on any atom is 0.307 e. The number of fused-ring (bicyclic) bond motifs is 1. The minimum atomic E-state index is -0.852. The van der Waals surface area contributed by atoms with Gasteiger partial charge in [-0.05, 0) is 42.2 Å². The van der Waals surface area contributed by atoms with Gasteiger partial charge in [0.2, 0.25) is 0 Å². The number of ether oxygens (including phenoxy) is 1. The molecule has 2 aromatic carbocycles. The summed E-state index contributed by atoms with van der Waals surface area (Å²) in [7, 11) is 0. The van der Waals surface area contributed by atoms with E-state index in [1.165, 1.54) is 5.56 Å². The van der Waals surface area contributed by atoms with Crippen molar-refractivity contribution in [1.29, 1.82) is 0 Å². The van der Waals surface area contributed by atoms with Gasteiger partial charge in [0.25, 0.3) is 0 Å². The molecule has 3 rings (SSSR count). The van der Waals surface area contributed by atoms with Crippen LogP contribution >= 0.6 is 15.9 Å². The summed E-state index contributed by atoms with van der Waals surface area (Å²) in [5.41, 5.74) is 4.63. The van der Waals surface area contributed by atoms with E-state index in [1.54, 1.807) is 0 Å². The number of hydrogen-bond donors (Lipinski definition) is 2. The van der Waals surface area contributed by atoms with Gasteiger partial charge in [-0.15, -0.1) is 0 Å². The number of carboxylic acid groups (broad SMARTS) is 1. The summed E-state index contributed by atoms with van der Waals surface area (Å²) in [5.74, 6) is 0.215. The van der Waals surface area contributed by atoms with Gasteiger partial charge in [0.15, 0.2) is 0 Å². The second-order valence-electron chi connectivity index (χ2n) is 6.55. The Labute approximate surface area is 161 Å². The van der Waals surface area contributed by atoms with Crippen molar-refractivity contribution >= 4 is 32.8 Å². The standard InChI is InChI=1S/C21H22BrNO3/c1-4-26-18-9-8-13(22)10-17(18)21-16(11-19(24)25)15-7-5-6-14(12(2)3)20(15)23-21/h5-10,12,23H,4,11H2,1-3H3,(H,24,25). The Hall–Kier alpha value is -2.27. The number of carboxylic acids is 1. The number of aromatic amines is 1. The first-order chi connectivity index (χ1) is 12.4. The quantitative estimate of drug-likeness (QED) is 0.538. The molecule has 0 saturated carbocycles. The first-order valence-corrected chi connectivity index (χ1v) is 9.49. The Morgan fingerprint density at radius 2 is 2.04 bits per heavy atom. The predicted octanol–water partition coefficient (Wildman–Crippen LogP) is 5.75. The second-order valence-corrected chi connectivity index (χ2v) is 7.46. The summed E-state index contributed by atoms with van der Waals surface area (Å²) in [6, 6.07) is 11.9. The van der Waals surface area contributed by atoms with E-state index in [9.17, 15) is 9.90 Å². The van der Waals surface area contributed by atoms with Gasteiger partial charge >= 0.3 is 5.97 Å². The minimum Gasteiger partial charge on any atom is -0.493 e. The highest BCUT2D eigenvalue weighted by molar-refractivity contribution is 9.10. The molecule has 0 saturated heterocycles. The van der Waals surface area contributed by atoms with Crippen LogP contribution in [0.25, 0.3) is 22.2 Å². The van der Waals surface area contributed by atoms with Gasteiger partial charge in [-0.3, -0.25) is 4.79 Å². The van der Waals surface area contributed by atoms with E-state index in [1.807, 2.05) is 37.3 Å². The van der Waals surface area contributed by atoms with Gasteiger partial charge in [0.05, 0.1) is 18.7 Å². The van der Waals surface area contributed by atoms with E-state index in [-0.39, 0.29) is 6.42 Å². The highest BCUT2D eigenvalue weighted by atomic mass is 79.9. The van der Waals surface area contributed by atoms with Crippen molar-refractivity contribution in [3.8, 4) is 17.0 Å². The Morgan fingerprint density at radius 1 is 1.27 bits per heavy atom. The van der Waals surface area contributed by atoms with Crippen molar-refractivity contribution < 1.29 is 14.6 Å². The number of para-hydroxylation sites is 1. The summed E-state index contributed by atoms with van der Waals surface area (Å²) < 4.78 is 6.71. The molecule has 5 heteroatoms. The van der Waals surface area contributed by atoms with Crippen LogP contribution in [0.4, 0.5) is 0 Å². The molecule has 136 valence electrons. The molecule has 0 bridgehead atoms. The van der Waals surface area contributed by atoms with Crippen molar-refractivity contribution in [3.05, 3.63) is 52.0 Å². The second kappa shape index (κ2) is 7.54. The Morgan fingerprint density at radius 3 is 2.69 bits per heavy atom. The molecule has 26 heavy (non-hydrogen) atoms. The van der Waals surface area contributed by atoms with Gasteiger partial charge in [0.1, 0.15) is 5.75 Å². The average Bonchev–Trinajstić information content (AvgIpc) is 2.94. The Balaban J connectivity index is 2.33. The monoisotopic (exact) mass is 415 g/mol. The first kappa shape index (κ1) is 18.5. The van der Waals surface area contributed by atoms with Crippen LogP contribution in [-0.2, 0) is 11.2 Å². The van der Waals surface area contributed by atoms with Gasteiger partial charge in [-0.1, -0.05) is 48.0 Å². The van der Waals surface area contributed by atoms with Gasteiger partial charge in [0, 0.05) is 20.9 Å². The normalized spacial score (nSPS) is 11.3. The van der Waals surface area contributed by atoms with Gasteiger partial charge < -0.3 is 14.8 Å². The molecule has 2 N–H and O–H groups in total. The molecule has 0 aliphatic rings. The number of H-pyrrole nitrogens is 1. The van der Waals surface area contributed by atoms with Crippen molar-refractivity contribution in [3.63, 3.8) is 0 Å². The van der Waals surface area contributed by atoms with E-state index in [2.05, 4.69) is 40.8 Å². The number of aliphatic carboxylic acids is 1. The Bertz CT molecular complexity index is 959.